The number of nitrogen functional groups attached to an aromatic ring is 1. The normalized spacial score (nSPS) is 10.6. The van der Waals surface area contributed by atoms with Crippen molar-refractivity contribution in [2.24, 2.45) is 0 Å². The van der Waals surface area contributed by atoms with E-state index in [-0.39, 0.29) is 10.7 Å². The third-order valence-electron chi connectivity index (χ3n) is 1.73. The van der Waals surface area contributed by atoms with Crippen LogP contribution in [-0.2, 0) is 0 Å². The lowest BCUT2D eigenvalue weighted by Gasteiger charge is -2.00. The predicted octanol–water partition coefficient (Wildman–Crippen LogP) is 0.663. The molecule has 0 amide bonds. The van der Waals surface area contributed by atoms with E-state index in [1.165, 1.54) is 10.7 Å². The molecule has 6 nitrogen and oxygen atoms in total. The van der Waals surface area contributed by atoms with Crippen LogP contribution in [0.4, 0.5) is 5.69 Å². The van der Waals surface area contributed by atoms with Crippen LogP contribution in [-0.4, -0.2) is 25.7 Å². The summed E-state index contributed by atoms with van der Waals surface area (Å²) in [6.45, 7) is 0. The van der Waals surface area contributed by atoms with Crippen molar-refractivity contribution in [1.29, 1.82) is 0 Å². The van der Waals surface area contributed by atoms with Gasteiger partial charge >= 0.3 is 5.97 Å². The van der Waals surface area contributed by atoms with Gasteiger partial charge in [-0.2, -0.15) is 5.10 Å². The number of hydrogen-bond donors (Lipinski definition) is 2. The van der Waals surface area contributed by atoms with Crippen molar-refractivity contribution < 1.29 is 9.90 Å². The molecule has 0 saturated carbocycles. The maximum Gasteiger partial charge on any atom is 0.340 e. The molecule has 0 aliphatic carbocycles. The number of carboxylic acid groups (broad SMARTS) is 1. The first-order valence-corrected chi connectivity index (χ1v) is 4.00. The lowest BCUT2D eigenvalue weighted by atomic mass is 10.3. The van der Waals surface area contributed by atoms with Crippen LogP contribution in [0.2, 0.25) is 5.15 Å². The molecule has 0 fully saturated rings. The van der Waals surface area contributed by atoms with Crippen molar-refractivity contribution in [1.82, 2.24) is 14.6 Å². The number of aromatic nitrogens is 3. The standard InChI is InChI=1S/C7H5ClN4O2/c8-5-3(7(13)14)1-10-6-4(9)2-11-12(5)6/h1-2H,9H2,(H,13,14). The minimum absolute atomic E-state index is 0.0146. The lowest BCUT2D eigenvalue weighted by Crippen LogP contribution is -2.04. The van der Waals surface area contributed by atoms with E-state index in [1.807, 2.05) is 0 Å². The Bertz CT molecular complexity index is 522. The molecule has 0 atom stereocenters. The predicted molar refractivity (Wildman–Crippen MR) is 49.4 cm³/mol. The Morgan fingerprint density at radius 3 is 2.93 bits per heavy atom. The zero-order valence-electron chi connectivity index (χ0n) is 6.81. The van der Waals surface area contributed by atoms with Crippen LogP contribution in [0.5, 0.6) is 0 Å². The number of anilines is 1. The van der Waals surface area contributed by atoms with Gasteiger partial charge in [0.05, 0.1) is 11.9 Å². The van der Waals surface area contributed by atoms with E-state index in [2.05, 4.69) is 10.1 Å². The zero-order valence-corrected chi connectivity index (χ0v) is 7.56. The summed E-state index contributed by atoms with van der Waals surface area (Å²) in [7, 11) is 0. The second-order valence-corrected chi connectivity index (χ2v) is 2.96. The molecule has 0 saturated heterocycles. The number of carbonyl (C=O) groups is 1. The quantitative estimate of drug-likeness (QED) is 0.678. The Morgan fingerprint density at radius 1 is 1.57 bits per heavy atom. The van der Waals surface area contributed by atoms with Crippen LogP contribution < -0.4 is 5.73 Å². The molecular weight excluding hydrogens is 208 g/mol. The fourth-order valence-corrected chi connectivity index (χ4v) is 1.32. The first-order chi connectivity index (χ1) is 6.61. The number of nitrogens with two attached hydrogens (primary N) is 1. The summed E-state index contributed by atoms with van der Waals surface area (Å²) in [6.07, 6.45) is 2.51. The van der Waals surface area contributed by atoms with Crippen LogP contribution in [0, 0.1) is 0 Å². The fourth-order valence-electron chi connectivity index (χ4n) is 1.06. The van der Waals surface area contributed by atoms with Crippen LogP contribution >= 0.6 is 11.6 Å². The number of hydrogen-bond acceptors (Lipinski definition) is 4. The molecule has 7 heteroatoms. The third kappa shape index (κ3) is 1.08. The van der Waals surface area contributed by atoms with Gasteiger partial charge in [-0.1, -0.05) is 11.6 Å². The molecule has 3 N–H and O–H groups in total. The summed E-state index contributed by atoms with van der Waals surface area (Å²) >= 11 is 5.77. The van der Waals surface area contributed by atoms with Gasteiger partial charge in [0.2, 0.25) is 0 Å². The van der Waals surface area contributed by atoms with Crippen LogP contribution in [0.25, 0.3) is 5.65 Å². The highest BCUT2D eigenvalue weighted by atomic mass is 35.5. The molecule has 0 radical (unpaired) electrons. The molecule has 2 rings (SSSR count). The van der Waals surface area contributed by atoms with Crippen molar-refractivity contribution in [3.8, 4) is 0 Å². The zero-order chi connectivity index (χ0) is 10.3. The van der Waals surface area contributed by atoms with Crippen LogP contribution in [0.1, 0.15) is 10.4 Å². The number of rotatable bonds is 1. The molecule has 0 unspecified atom stereocenters. The second kappa shape index (κ2) is 2.85. The Balaban J connectivity index is 2.82. The van der Waals surface area contributed by atoms with E-state index in [0.717, 1.165) is 6.20 Å². The fraction of sp³-hybridized carbons (Fsp3) is 0. The number of nitrogens with zero attached hydrogens (tertiary/aromatic N) is 3. The third-order valence-corrected chi connectivity index (χ3v) is 2.09. The molecule has 0 aliphatic rings. The Kier molecular flexibility index (Phi) is 1.78. The van der Waals surface area contributed by atoms with Gasteiger partial charge < -0.3 is 10.8 Å². The Labute approximate surface area is 82.9 Å². The molecule has 2 heterocycles. The molecule has 14 heavy (non-hydrogen) atoms. The average molecular weight is 213 g/mol. The van der Waals surface area contributed by atoms with E-state index < -0.39 is 5.97 Å². The van der Waals surface area contributed by atoms with E-state index in [4.69, 9.17) is 22.4 Å². The average Bonchev–Trinajstić information content (AvgIpc) is 2.49. The monoisotopic (exact) mass is 212 g/mol. The van der Waals surface area contributed by atoms with Crippen molar-refractivity contribution in [2.45, 2.75) is 0 Å². The molecule has 2 aromatic rings. The number of fused-ring (bicyclic) bond motifs is 1. The van der Waals surface area contributed by atoms with E-state index >= 15 is 0 Å². The Morgan fingerprint density at radius 2 is 2.29 bits per heavy atom. The van der Waals surface area contributed by atoms with Gasteiger partial charge in [-0.05, 0) is 0 Å². The molecule has 0 aliphatic heterocycles. The Hall–Kier alpha value is -1.82. The van der Waals surface area contributed by atoms with Gasteiger partial charge in [0.25, 0.3) is 0 Å². The van der Waals surface area contributed by atoms with E-state index in [1.54, 1.807) is 0 Å². The molecular formula is C7H5ClN4O2. The van der Waals surface area contributed by atoms with E-state index in [9.17, 15) is 4.79 Å². The minimum Gasteiger partial charge on any atom is -0.478 e. The highest BCUT2D eigenvalue weighted by molar-refractivity contribution is 6.32. The van der Waals surface area contributed by atoms with Gasteiger partial charge in [0.1, 0.15) is 10.7 Å². The van der Waals surface area contributed by atoms with Crippen molar-refractivity contribution in [3.05, 3.63) is 23.1 Å². The molecule has 2 aromatic heterocycles. The minimum atomic E-state index is -1.15. The largest absolute Gasteiger partial charge is 0.478 e. The number of halogens is 1. The topological polar surface area (TPSA) is 93.5 Å². The summed E-state index contributed by atoms with van der Waals surface area (Å²) < 4.78 is 1.18. The van der Waals surface area contributed by atoms with Gasteiger partial charge in [-0.3, -0.25) is 0 Å². The summed E-state index contributed by atoms with van der Waals surface area (Å²) in [5, 5.41) is 12.5. The lowest BCUT2D eigenvalue weighted by molar-refractivity contribution is 0.0696. The van der Waals surface area contributed by atoms with Crippen molar-refractivity contribution >= 4 is 28.9 Å². The first kappa shape index (κ1) is 8.76. The summed E-state index contributed by atoms with van der Waals surface area (Å²) in [5.41, 5.74) is 6.11. The maximum absolute atomic E-state index is 10.7. The van der Waals surface area contributed by atoms with Crippen molar-refractivity contribution in [2.75, 3.05) is 5.73 Å². The maximum atomic E-state index is 10.7. The summed E-state index contributed by atoms with van der Waals surface area (Å²) in [4.78, 5) is 14.5. The first-order valence-electron chi connectivity index (χ1n) is 3.62. The van der Waals surface area contributed by atoms with E-state index in [0.29, 0.717) is 11.3 Å². The molecule has 0 aromatic carbocycles. The van der Waals surface area contributed by atoms with Crippen LogP contribution in [0.3, 0.4) is 0 Å². The molecule has 0 spiro atoms. The second-order valence-electron chi connectivity index (χ2n) is 2.60. The van der Waals surface area contributed by atoms with Crippen LogP contribution in [0.15, 0.2) is 12.4 Å². The highest BCUT2D eigenvalue weighted by Gasteiger charge is 2.14. The molecule has 0 bridgehead atoms. The smallest absolute Gasteiger partial charge is 0.340 e. The summed E-state index contributed by atoms with van der Waals surface area (Å²) in [5.74, 6) is -1.15. The highest BCUT2D eigenvalue weighted by Crippen LogP contribution is 2.19. The van der Waals surface area contributed by atoms with Gasteiger partial charge in [0, 0.05) is 6.20 Å². The van der Waals surface area contributed by atoms with Gasteiger partial charge in [0.15, 0.2) is 5.65 Å². The summed E-state index contributed by atoms with van der Waals surface area (Å²) in [6, 6.07) is 0. The number of aromatic carboxylic acids is 1. The van der Waals surface area contributed by atoms with Gasteiger partial charge in [-0.25, -0.2) is 14.3 Å². The van der Waals surface area contributed by atoms with Crippen molar-refractivity contribution in [3.63, 3.8) is 0 Å². The van der Waals surface area contributed by atoms with Gasteiger partial charge in [-0.15, -0.1) is 0 Å². The number of carboxylic acids is 1. The SMILES string of the molecule is Nc1cnn2c(Cl)c(C(=O)O)cnc12. The molecule has 72 valence electrons.